The molecule has 3 rings (SSSR count). The number of benzene rings is 1. The zero-order valence-electron chi connectivity index (χ0n) is 14.6. The summed E-state index contributed by atoms with van der Waals surface area (Å²) in [6.45, 7) is 5.40. The van der Waals surface area contributed by atoms with Crippen LogP contribution in [0.15, 0.2) is 28.9 Å². The predicted octanol–water partition coefficient (Wildman–Crippen LogP) is 1.54. The number of likely N-dealkylation sites (N-methyl/N-ethyl adjacent to an activating group) is 1. The molecule has 2 aromatic rings. The zero-order chi connectivity index (χ0) is 18.1. The Bertz CT molecular complexity index is 803. The summed E-state index contributed by atoms with van der Waals surface area (Å²) in [6.07, 6.45) is -0.641. The number of rotatable bonds is 4. The summed E-state index contributed by atoms with van der Waals surface area (Å²) in [5, 5.41) is 7.50. The van der Waals surface area contributed by atoms with Gasteiger partial charge in [-0.2, -0.15) is 0 Å². The number of fused-ring (bicyclic) bond motifs is 1. The van der Waals surface area contributed by atoms with Crippen molar-refractivity contribution in [3.05, 3.63) is 35.7 Å². The van der Waals surface area contributed by atoms with Crippen LogP contribution in [0.3, 0.4) is 0 Å². The fourth-order valence-electron chi connectivity index (χ4n) is 2.84. The van der Waals surface area contributed by atoms with Crippen LogP contribution >= 0.6 is 0 Å². The maximum atomic E-state index is 12.9. The number of anilines is 1. The van der Waals surface area contributed by atoms with E-state index in [0.29, 0.717) is 22.8 Å². The minimum absolute atomic E-state index is 0.209. The molecule has 8 heteroatoms. The maximum Gasteiger partial charge on any atom is 0.268 e. The monoisotopic (exact) mass is 344 g/mol. The molecule has 8 nitrogen and oxygen atoms in total. The van der Waals surface area contributed by atoms with Gasteiger partial charge in [-0.3, -0.25) is 14.5 Å². The SMILES string of the molecule is Cc1nonc1CN(C)C(=O)[C@H](C)N1C(=O)[C@@H](C)Oc2ccccc21. The topological polar surface area (TPSA) is 88.8 Å². The fourth-order valence-corrected chi connectivity index (χ4v) is 2.84. The van der Waals surface area contributed by atoms with Gasteiger partial charge >= 0.3 is 0 Å². The lowest BCUT2D eigenvalue weighted by Gasteiger charge is -2.37. The molecule has 0 radical (unpaired) electrons. The normalized spacial score (nSPS) is 17.7. The van der Waals surface area contributed by atoms with Gasteiger partial charge < -0.3 is 9.64 Å². The van der Waals surface area contributed by atoms with E-state index >= 15 is 0 Å². The largest absolute Gasteiger partial charge is 0.479 e. The Hall–Kier alpha value is -2.90. The summed E-state index contributed by atoms with van der Waals surface area (Å²) in [6, 6.07) is 6.53. The van der Waals surface area contributed by atoms with E-state index in [-0.39, 0.29) is 18.4 Å². The quantitative estimate of drug-likeness (QED) is 0.836. The summed E-state index contributed by atoms with van der Waals surface area (Å²) >= 11 is 0. The molecule has 0 N–H and O–H groups in total. The first-order valence-corrected chi connectivity index (χ1v) is 8.02. The lowest BCUT2D eigenvalue weighted by molar-refractivity contribution is -0.135. The number of para-hydroxylation sites is 2. The van der Waals surface area contributed by atoms with Crippen molar-refractivity contribution in [1.29, 1.82) is 0 Å². The predicted molar refractivity (Wildman–Crippen MR) is 89.0 cm³/mol. The van der Waals surface area contributed by atoms with E-state index in [2.05, 4.69) is 14.9 Å². The Morgan fingerprint density at radius 2 is 2.08 bits per heavy atom. The Balaban J connectivity index is 1.84. The van der Waals surface area contributed by atoms with E-state index in [1.54, 1.807) is 40.0 Å². The molecular formula is C17H20N4O4. The van der Waals surface area contributed by atoms with Crippen LogP contribution in [0.5, 0.6) is 5.75 Å². The average Bonchev–Trinajstić information content (AvgIpc) is 2.99. The number of aromatic nitrogens is 2. The Kier molecular flexibility index (Phi) is 4.43. The van der Waals surface area contributed by atoms with Gasteiger partial charge in [0.2, 0.25) is 5.91 Å². The number of ether oxygens (including phenoxy) is 1. The van der Waals surface area contributed by atoms with Crippen molar-refractivity contribution >= 4 is 17.5 Å². The van der Waals surface area contributed by atoms with Crippen LogP contribution in [0.1, 0.15) is 25.2 Å². The minimum atomic E-state index is -0.676. The molecule has 0 aliphatic carbocycles. The molecule has 2 atom stereocenters. The van der Waals surface area contributed by atoms with E-state index in [1.807, 2.05) is 12.1 Å². The first-order chi connectivity index (χ1) is 11.9. The fraction of sp³-hybridized carbons (Fsp3) is 0.412. The molecule has 132 valence electrons. The van der Waals surface area contributed by atoms with Crippen LogP contribution in [0, 0.1) is 6.92 Å². The molecule has 1 aromatic carbocycles. The number of carbonyl (C=O) groups excluding carboxylic acids is 2. The number of amides is 2. The second-order valence-corrected chi connectivity index (χ2v) is 6.10. The number of carbonyl (C=O) groups is 2. The van der Waals surface area contributed by atoms with E-state index in [9.17, 15) is 9.59 Å². The van der Waals surface area contributed by atoms with Gasteiger partial charge in [-0.1, -0.05) is 22.4 Å². The van der Waals surface area contributed by atoms with Crippen LogP contribution in [0.2, 0.25) is 0 Å². The molecule has 1 aromatic heterocycles. The van der Waals surface area contributed by atoms with Crippen molar-refractivity contribution in [1.82, 2.24) is 15.2 Å². The standard InChI is InChI=1S/C17H20N4O4/c1-10-13(19-25-18-10)9-20(4)16(22)11(2)21-14-7-5-6-8-15(14)24-12(3)17(21)23/h5-8,11-12H,9H2,1-4H3/t11-,12+/m0/s1. The molecule has 0 bridgehead atoms. The van der Waals surface area contributed by atoms with Crippen LogP contribution in [-0.4, -0.2) is 46.2 Å². The van der Waals surface area contributed by atoms with Gasteiger partial charge in [-0.15, -0.1) is 0 Å². The summed E-state index contributed by atoms with van der Waals surface area (Å²) < 4.78 is 10.3. The van der Waals surface area contributed by atoms with Crippen molar-refractivity contribution in [2.75, 3.05) is 11.9 Å². The van der Waals surface area contributed by atoms with Crippen LogP contribution < -0.4 is 9.64 Å². The van der Waals surface area contributed by atoms with Crippen LogP contribution in [0.25, 0.3) is 0 Å². The van der Waals surface area contributed by atoms with E-state index in [4.69, 9.17) is 4.74 Å². The van der Waals surface area contributed by atoms with Crippen LogP contribution in [0.4, 0.5) is 5.69 Å². The van der Waals surface area contributed by atoms with Gasteiger partial charge in [-0.25, -0.2) is 4.63 Å². The number of aryl methyl sites for hydroxylation is 1. The Morgan fingerprint density at radius 3 is 2.76 bits per heavy atom. The van der Waals surface area contributed by atoms with Crippen molar-refractivity contribution in [3.8, 4) is 5.75 Å². The Morgan fingerprint density at radius 1 is 1.36 bits per heavy atom. The van der Waals surface area contributed by atoms with Gasteiger partial charge in [-0.05, 0) is 32.9 Å². The van der Waals surface area contributed by atoms with Crippen molar-refractivity contribution in [2.24, 2.45) is 0 Å². The Labute approximate surface area is 145 Å². The molecule has 2 heterocycles. The number of hydrogen-bond donors (Lipinski definition) is 0. The second kappa shape index (κ2) is 6.54. The first kappa shape index (κ1) is 16.9. The molecule has 1 aliphatic heterocycles. The second-order valence-electron chi connectivity index (χ2n) is 6.10. The highest BCUT2D eigenvalue weighted by Crippen LogP contribution is 2.35. The van der Waals surface area contributed by atoms with Crippen molar-refractivity contribution in [2.45, 2.75) is 39.5 Å². The lowest BCUT2D eigenvalue weighted by atomic mass is 10.1. The summed E-state index contributed by atoms with van der Waals surface area (Å²) in [5.74, 6) is 0.139. The summed E-state index contributed by atoms with van der Waals surface area (Å²) in [4.78, 5) is 28.5. The molecule has 0 saturated carbocycles. The lowest BCUT2D eigenvalue weighted by Crippen LogP contribution is -2.54. The van der Waals surface area contributed by atoms with Crippen molar-refractivity contribution < 1.29 is 19.0 Å². The molecular weight excluding hydrogens is 324 g/mol. The van der Waals surface area contributed by atoms with E-state index in [1.165, 1.54) is 9.80 Å². The van der Waals surface area contributed by atoms with Gasteiger partial charge in [0.05, 0.1) is 12.2 Å². The third kappa shape index (κ3) is 3.07. The summed E-state index contributed by atoms with van der Waals surface area (Å²) in [5.41, 5.74) is 1.82. The minimum Gasteiger partial charge on any atom is -0.479 e. The molecule has 1 aliphatic rings. The third-order valence-corrected chi connectivity index (χ3v) is 4.27. The molecule has 2 amide bonds. The van der Waals surface area contributed by atoms with Gasteiger partial charge in [0.1, 0.15) is 23.2 Å². The molecule has 0 saturated heterocycles. The van der Waals surface area contributed by atoms with Gasteiger partial charge in [0, 0.05) is 7.05 Å². The van der Waals surface area contributed by atoms with E-state index in [0.717, 1.165) is 0 Å². The molecule has 0 fully saturated rings. The average molecular weight is 344 g/mol. The summed E-state index contributed by atoms with van der Waals surface area (Å²) in [7, 11) is 1.66. The van der Waals surface area contributed by atoms with Gasteiger partial charge in [0.15, 0.2) is 6.10 Å². The van der Waals surface area contributed by atoms with Crippen molar-refractivity contribution in [3.63, 3.8) is 0 Å². The van der Waals surface area contributed by atoms with E-state index < -0.39 is 12.1 Å². The zero-order valence-corrected chi connectivity index (χ0v) is 14.6. The smallest absolute Gasteiger partial charge is 0.268 e. The highest BCUT2D eigenvalue weighted by atomic mass is 16.6. The molecule has 0 spiro atoms. The highest BCUT2D eigenvalue weighted by molar-refractivity contribution is 6.05. The maximum absolute atomic E-state index is 12.9. The first-order valence-electron chi connectivity index (χ1n) is 8.02. The highest BCUT2D eigenvalue weighted by Gasteiger charge is 2.37. The molecule has 0 unspecified atom stereocenters. The molecule has 25 heavy (non-hydrogen) atoms. The third-order valence-electron chi connectivity index (χ3n) is 4.27. The van der Waals surface area contributed by atoms with Gasteiger partial charge in [0.25, 0.3) is 5.91 Å². The number of nitrogens with zero attached hydrogens (tertiary/aromatic N) is 4. The van der Waals surface area contributed by atoms with Crippen LogP contribution in [-0.2, 0) is 16.1 Å². The number of hydrogen-bond acceptors (Lipinski definition) is 6.